The van der Waals surface area contributed by atoms with Gasteiger partial charge in [-0.3, -0.25) is 14.6 Å². The first kappa shape index (κ1) is 25.9. The Hall–Kier alpha value is -4.13. The highest BCUT2D eigenvalue weighted by atomic mass is 16.5. The second kappa shape index (κ2) is 12.2. The van der Waals surface area contributed by atoms with Crippen LogP contribution in [-0.4, -0.2) is 39.9 Å². The van der Waals surface area contributed by atoms with Gasteiger partial charge in [0.05, 0.1) is 24.8 Å². The van der Waals surface area contributed by atoms with Crippen LogP contribution in [0.25, 0.3) is 5.76 Å². The molecular formula is C30H32N2O5. The number of rotatable bonds is 11. The molecule has 4 rings (SSSR count). The van der Waals surface area contributed by atoms with E-state index in [0.717, 1.165) is 24.8 Å². The molecule has 1 saturated heterocycles. The zero-order valence-corrected chi connectivity index (χ0v) is 21.2. The molecule has 3 aromatic rings. The van der Waals surface area contributed by atoms with Gasteiger partial charge in [-0.2, -0.15) is 0 Å². The van der Waals surface area contributed by atoms with E-state index in [2.05, 4.69) is 11.9 Å². The normalized spacial score (nSPS) is 16.7. The SMILES string of the molecule is CCCCCOc1ccc(C2C(=C(O)c3ccccc3)C(=O)C(=O)N2Cc2ccncc2)cc1OCC. The van der Waals surface area contributed by atoms with Crippen molar-refractivity contribution >= 4 is 17.4 Å². The highest BCUT2D eigenvalue weighted by Gasteiger charge is 2.46. The van der Waals surface area contributed by atoms with Crippen LogP contribution in [0.5, 0.6) is 11.5 Å². The topological polar surface area (TPSA) is 89.0 Å². The molecule has 2 aromatic carbocycles. The molecule has 1 fully saturated rings. The molecule has 1 aromatic heterocycles. The molecule has 0 bridgehead atoms. The predicted molar refractivity (Wildman–Crippen MR) is 141 cm³/mol. The first-order valence-corrected chi connectivity index (χ1v) is 12.7. The van der Waals surface area contributed by atoms with Crippen molar-refractivity contribution in [1.29, 1.82) is 0 Å². The third kappa shape index (κ3) is 5.82. The van der Waals surface area contributed by atoms with E-state index in [4.69, 9.17) is 9.47 Å². The van der Waals surface area contributed by atoms with Crippen LogP contribution in [0.3, 0.4) is 0 Å². The first-order valence-electron chi connectivity index (χ1n) is 12.7. The quantitative estimate of drug-likeness (QED) is 0.158. The molecule has 7 nitrogen and oxygen atoms in total. The Bertz CT molecular complexity index is 1260. The third-order valence-corrected chi connectivity index (χ3v) is 6.28. The lowest BCUT2D eigenvalue weighted by Gasteiger charge is -2.26. The van der Waals surface area contributed by atoms with E-state index < -0.39 is 17.7 Å². The molecule has 1 N–H and O–H groups in total. The van der Waals surface area contributed by atoms with Gasteiger partial charge in [0.2, 0.25) is 0 Å². The van der Waals surface area contributed by atoms with E-state index >= 15 is 0 Å². The Morgan fingerprint density at radius 2 is 1.70 bits per heavy atom. The molecule has 192 valence electrons. The molecule has 1 aliphatic rings. The van der Waals surface area contributed by atoms with Crippen molar-refractivity contribution < 1.29 is 24.2 Å². The average Bonchev–Trinajstić information content (AvgIpc) is 3.17. The number of Topliss-reactive ketones (excluding diaryl/α,β-unsaturated/α-hetero) is 1. The number of benzene rings is 2. The van der Waals surface area contributed by atoms with Gasteiger partial charge in [0.25, 0.3) is 11.7 Å². The fourth-order valence-corrected chi connectivity index (χ4v) is 4.44. The number of carbonyl (C=O) groups is 2. The number of hydrogen-bond donors (Lipinski definition) is 1. The van der Waals surface area contributed by atoms with E-state index in [1.165, 1.54) is 4.90 Å². The summed E-state index contributed by atoms with van der Waals surface area (Å²) in [5.74, 6) is -0.462. The maximum atomic E-state index is 13.3. The zero-order chi connectivity index (χ0) is 26.2. The summed E-state index contributed by atoms with van der Waals surface area (Å²) in [6.07, 6.45) is 6.39. The maximum absolute atomic E-state index is 13.3. The fourth-order valence-electron chi connectivity index (χ4n) is 4.44. The molecule has 7 heteroatoms. The Kier molecular flexibility index (Phi) is 8.56. The summed E-state index contributed by atoms with van der Waals surface area (Å²) >= 11 is 0. The largest absolute Gasteiger partial charge is 0.507 e. The number of aromatic nitrogens is 1. The minimum atomic E-state index is -0.804. The van der Waals surface area contributed by atoms with Gasteiger partial charge in [0.1, 0.15) is 5.76 Å². The van der Waals surface area contributed by atoms with Crippen molar-refractivity contribution in [2.45, 2.75) is 45.7 Å². The van der Waals surface area contributed by atoms with Crippen molar-refractivity contribution in [3.8, 4) is 11.5 Å². The third-order valence-electron chi connectivity index (χ3n) is 6.28. The van der Waals surface area contributed by atoms with Gasteiger partial charge in [-0.1, -0.05) is 56.2 Å². The molecule has 1 amide bonds. The summed E-state index contributed by atoms with van der Waals surface area (Å²) in [6.45, 7) is 5.21. The molecule has 2 heterocycles. The lowest BCUT2D eigenvalue weighted by Crippen LogP contribution is -2.29. The van der Waals surface area contributed by atoms with Gasteiger partial charge in [0, 0.05) is 24.5 Å². The molecule has 37 heavy (non-hydrogen) atoms. The second-order valence-corrected chi connectivity index (χ2v) is 8.84. The number of unbranched alkanes of at least 4 members (excludes halogenated alkanes) is 2. The summed E-state index contributed by atoms with van der Waals surface area (Å²) in [6, 6.07) is 17.0. The van der Waals surface area contributed by atoms with Gasteiger partial charge < -0.3 is 19.5 Å². The van der Waals surface area contributed by atoms with Crippen LogP contribution in [0.15, 0.2) is 78.6 Å². The van der Waals surface area contributed by atoms with Gasteiger partial charge >= 0.3 is 0 Å². The first-order chi connectivity index (χ1) is 18.0. The van der Waals surface area contributed by atoms with Gasteiger partial charge in [-0.25, -0.2) is 0 Å². The van der Waals surface area contributed by atoms with Crippen molar-refractivity contribution in [1.82, 2.24) is 9.88 Å². The number of aliphatic hydroxyl groups excluding tert-OH is 1. The number of ketones is 1. The number of aliphatic hydroxyl groups is 1. The number of nitrogens with zero attached hydrogens (tertiary/aromatic N) is 2. The number of hydrogen-bond acceptors (Lipinski definition) is 6. The summed E-state index contributed by atoms with van der Waals surface area (Å²) in [5.41, 5.74) is 1.98. The number of likely N-dealkylation sites (tertiary alicyclic amines) is 1. The Morgan fingerprint density at radius 1 is 0.946 bits per heavy atom. The Balaban J connectivity index is 1.79. The summed E-state index contributed by atoms with van der Waals surface area (Å²) < 4.78 is 11.9. The molecular weight excluding hydrogens is 468 g/mol. The number of pyridine rings is 1. The average molecular weight is 501 g/mol. The molecule has 0 radical (unpaired) electrons. The number of carbonyl (C=O) groups excluding carboxylic acids is 2. The van der Waals surface area contributed by atoms with Gasteiger partial charge in [0.15, 0.2) is 11.5 Å². The van der Waals surface area contributed by atoms with Crippen LogP contribution in [-0.2, 0) is 16.1 Å². The minimum absolute atomic E-state index is 0.0457. The van der Waals surface area contributed by atoms with Crippen molar-refractivity contribution in [2.75, 3.05) is 13.2 Å². The monoisotopic (exact) mass is 500 g/mol. The predicted octanol–water partition coefficient (Wildman–Crippen LogP) is 5.67. The van der Waals surface area contributed by atoms with E-state index in [-0.39, 0.29) is 17.9 Å². The van der Waals surface area contributed by atoms with Crippen LogP contribution < -0.4 is 9.47 Å². The van der Waals surface area contributed by atoms with Crippen molar-refractivity contribution in [2.24, 2.45) is 0 Å². The molecule has 0 aliphatic carbocycles. The molecule has 0 spiro atoms. The molecule has 1 aliphatic heterocycles. The van der Waals surface area contributed by atoms with Gasteiger partial charge in [-0.15, -0.1) is 0 Å². The minimum Gasteiger partial charge on any atom is -0.507 e. The highest BCUT2D eigenvalue weighted by Crippen LogP contribution is 2.42. The summed E-state index contributed by atoms with van der Waals surface area (Å²) in [5, 5.41) is 11.2. The van der Waals surface area contributed by atoms with Crippen LogP contribution in [0, 0.1) is 0 Å². The van der Waals surface area contributed by atoms with E-state index in [1.807, 2.05) is 19.1 Å². The lowest BCUT2D eigenvalue weighted by molar-refractivity contribution is -0.140. The van der Waals surface area contributed by atoms with Crippen LogP contribution in [0.2, 0.25) is 0 Å². The zero-order valence-electron chi connectivity index (χ0n) is 21.2. The van der Waals surface area contributed by atoms with E-state index in [9.17, 15) is 14.7 Å². The van der Waals surface area contributed by atoms with Crippen molar-refractivity contribution in [3.63, 3.8) is 0 Å². The van der Waals surface area contributed by atoms with E-state index in [1.54, 1.807) is 60.9 Å². The van der Waals surface area contributed by atoms with Gasteiger partial charge in [-0.05, 0) is 48.7 Å². The van der Waals surface area contributed by atoms with Crippen LogP contribution >= 0.6 is 0 Å². The summed E-state index contributed by atoms with van der Waals surface area (Å²) in [4.78, 5) is 32.1. The lowest BCUT2D eigenvalue weighted by atomic mass is 9.95. The highest BCUT2D eigenvalue weighted by molar-refractivity contribution is 6.46. The molecule has 0 saturated carbocycles. The number of amides is 1. The maximum Gasteiger partial charge on any atom is 0.295 e. The smallest absolute Gasteiger partial charge is 0.295 e. The molecule has 1 unspecified atom stereocenters. The van der Waals surface area contributed by atoms with E-state index in [0.29, 0.717) is 35.8 Å². The Morgan fingerprint density at radius 3 is 2.41 bits per heavy atom. The van der Waals surface area contributed by atoms with Crippen LogP contribution in [0.4, 0.5) is 0 Å². The Labute approximate surface area is 217 Å². The molecule has 1 atom stereocenters. The fraction of sp³-hybridized carbons (Fsp3) is 0.300. The number of ether oxygens (including phenoxy) is 2. The summed E-state index contributed by atoms with van der Waals surface area (Å²) in [7, 11) is 0. The standard InChI is InChI=1S/C30H32N2O5/c1-3-5-9-18-37-24-13-12-23(19-25(24)36-4-2)27-26(28(33)22-10-7-6-8-11-22)29(34)30(35)32(27)20-21-14-16-31-17-15-21/h6-8,10-17,19,27,33H,3-5,9,18,20H2,1-2H3. The van der Waals surface area contributed by atoms with Crippen LogP contribution in [0.1, 0.15) is 55.8 Å². The van der Waals surface area contributed by atoms with Crippen molar-refractivity contribution in [3.05, 3.63) is 95.3 Å². The second-order valence-electron chi connectivity index (χ2n) is 8.84.